The van der Waals surface area contributed by atoms with Crippen molar-refractivity contribution in [2.45, 2.75) is 56.1 Å². The fourth-order valence-corrected chi connectivity index (χ4v) is 5.69. The van der Waals surface area contributed by atoms with E-state index in [1.165, 1.54) is 0 Å². The Labute approximate surface area is 258 Å². The Hall–Kier alpha value is -3.76. The van der Waals surface area contributed by atoms with Gasteiger partial charge in [0.25, 0.3) is 0 Å². The fourth-order valence-electron chi connectivity index (χ4n) is 5.69. The number of hydrogen-bond acceptors (Lipinski definition) is 8. The molecule has 0 spiro atoms. The highest BCUT2D eigenvalue weighted by atomic mass is 16.7. The number of aliphatic hydroxyl groups excluding tert-OH is 1. The molecule has 0 amide bonds. The molecule has 2 heterocycles. The number of ether oxygens (including phenoxy) is 7. The molecular formula is C36H38O8. The molecule has 6 rings (SSSR count). The minimum atomic E-state index is -0.975. The summed E-state index contributed by atoms with van der Waals surface area (Å²) in [5, 5.41) is 11.7. The summed E-state index contributed by atoms with van der Waals surface area (Å²) in [5.74, 6) is 1.53. The van der Waals surface area contributed by atoms with E-state index in [9.17, 15) is 5.11 Å². The molecule has 0 bridgehead atoms. The van der Waals surface area contributed by atoms with E-state index in [1.54, 1.807) is 14.2 Å². The molecule has 1 N–H and O–H groups in total. The first kappa shape index (κ1) is 30.3. The molecule has 0 radical (unpaired) electrons. The van der Waals surface area contributed by atoms with Crippen molar-refractivity contribution in [3.05, 3.63) is 131 Å². The highest BCUT2D eigenvalue weighted by molar-refractivity contribution is 5.28. The fraction of sp³-hybridized carbons (Fsp3) is 0.333. The van der Waals surface area contributed by atoms with E-state index < -0.39 is 42.9 Å². The molecule has 4 aromatic rings. The van der Waals surface area contributed by atoms with Gasteiger partial charge in [-0.15, -0.1) is 0 Å². The first-order valence-electron chi connectivity index (χ1n) is 14.8. The third-order valence-corrected chi connectivity index (χ3v) is 8.09. The van der Waals surface area contributed by atoms with E-state index in [2.05, 4.69) is 0 Å². The molecule has 0 aliphatic carbocycles. The average Bonchev–Trinajstić information content (AvgIpc) is 3.10. The van der Waals surface area contributed by atoms with Gasteiger partial charge in [0, 0.05) is 5.56 Å². The van der Waals surface area contributed by atoms with E-state index in [-0.39, 0.29) is 13.2 Å². The summed E-state index contributed by atoms with van der Waals surface area (Å²) in [5.41, 5.74) is 3.55. The van der Waals surface area contributed by atoms with E-state index in [0.29, 0.717) is 6.61 Å². The van der Waals surface area contributed by atoms with Crippen molar-refractivity contribution in [3.63, 3.8) is 0 Å². The number of benzene rings is 4. The standard InChI is InChI=1S/C36H38O8/c1-38-28-17-13-24(14-18-28)21-40-34-32-30(23-42-36(44-32)27-11-7-4-8-12-27)43-33(31(37)26-9-5-3-6-10-26)35(34)41-22-25-15-19-29(39-2)20-16-25/h3-20,30-37H,21-23H2,1-2H3/t30-,31-,32-,33-,34+,35+,36?/m1/s1. The second-order valence-corrected chi connectivity index (χ2v) is 10.9. The van der Waals surface area contributed by atoms with Gasteiger partial charge in [0.1, 0.15) is 48.1 Å². The molecule has 230 valence electrons. The zero-order chi connectivity index (χ0) is 30.3. The lowest BCUT2D eigenvalue weighted by atomic mass is 9.88. The molecule has 44 heavy (non-hydrogen) atoms. The van der Waals surface area contributed by atoms with Gasteiger partial charge in [-0.25, -0.2) is 0 Å². The van der Waals surface area contributed by atoms with Gasteiger partial charge < -0.3 is 38.3 Å². The van der Waals surface area contributed by atoms with Crippen LogP contribution in [0.1, 0.15) is 34.6 Å². The van der Waals surface area contributed by atoms with Crippen molar-refractivity contribution in [3.8, 4) is 11.5 Å². The Bertz CT molecular complexity index is 1430. The minimum absolute atomic E-state index is 0.272. The maximum Gasteiger partial charge on any atom is 0.184 e. The lowest BCUT2D eigenvalue weighted by Crippen LogP contribution is -2.64. The monoisotopic (exact) mass is 598 g/mol. The van der Waals surface area contributed by atoms with Crippen molar-refractivity contribution in [2.24, 2.45) is 0 Å². The van der Waals surface area contributed by atoms with Crippen LogP contribution in [-0.2, 0) is 36.9 Å². The number of fused-ring (bicyclic) bond motifs is 1. The summed E-state index contributed by atoms with van der Waals surface area (Å²) in [6.45, 7) is 0.846. The van der Waals surface area contributed by atoms with Crippen LogP contribution >= 0.6 is 0 Å². The van der Waals surface area contributed by atoms with Crippen LogP contribution in [0.2, 0.25) is 0 Å². The minimum Gasteiger partial charge on any atom is -0.497 e. The number of rotatable bonds is 11. The van der Waals surface area contributed by atoms with Gasteiger partial charge in [-0.05, 0) is 41.0 Å². The van der Waals surface area contributed by atoms with Crippen LogP contribution in [0.3, 0.4) is 0 Å². The van der Waals surface area contributed by atoms with Gasteiger partial charge in [-0.2, -0.15) is 0 Å². The molecule has 8 heteroatoms. The highest BCUT2D eigenvalue weighted by Gasteiger charge is 2.53. The normalized spacial score (nSPS) is 25.5. The highest BCUT2D eigenvalue weighted by Crippen LogP contribution is 2.40. The van der Waals surface area contributed by atoms with E-state index in [4.69, 9.17) is 33.2 Å². The smallest absolute Gasteiger partial charge is 0.184 e. The summed E-state index contributed by atoms with van der Waals surface area (Å²) in [4.78, 5) is 0. The van der Waals surface area contributed by atoms with E-state index >= 15 is 0 Å². The third-order valence-electron chi connectivity index (χ3n) is 8.09. The van der Waals surface area contributed by atoms with Gasteiger partial charge in [-0.1, -0.05) is 84.9 Å². The average molecular weight is 599 g/mol. The summed E-state index contributed by atoms with van der Waals surface area (Å²) >= 11 is 0. The van der Waals surface area contributed by atoms with Crippen molar-refractivity contribution in [1.29, 1.82) is 0 Å². The topological polar surface area (TPSA) is 84.8 Å². The van der Waals surface area contributed by atoms with Crippen molar-refractivity contribution < 1.29 is 38.3 Å². The van der Waals surface area contributed by atoms with E-state index in [1.807, 2.05) is 109 Å². The summed E-state index contributed by atoms with van der Waals surface area (Å²) in [6.07, 6.45) is -4.60. The molecule has 0 aromatic heterocycles. The Kier molecular flexibility index (Phi) is 9.87. The van der Waals surface area contributed by atoms with Gasteiger partial charge in [0.05, 0.1) is 34.0 Å². The Morgan fingerprint density at radius 2 is 1.23 bits per heavy atom. The molecule has 2 aliphatic rings. The predicted molar refractivity (Wildman–Crippen MR) is 163 cm³/mol. The van der Waals surface area contributed by atoms with Gasteiger partial charge in [0.2, 0.25) is 0 Å². The second kappa shape index (κ2) is 14.3. The molecule has 8 nitrogen and oxygen atoms in total. The van der Waals surface area contributed by atoms with Crippen LogP contribution in [0, 0.1) is 0 Å². The number of aliphatic hydroxyl groups is 1. The van der Waals surface area contributed by atoms with Crippen molar-refractivity contribution in [1.82, 2.24) is 0 Å². The summed E-state index contributed by atoms with van der Waals surface area (Å²) in [6, 6.07) is 34.7. The molecule has 0 saturated carbocycles. The SMILES string of the molecule is COc1ccc(CO[C@@H]2[C@@H](OCc3ccc(OC)cc3)[C@@H]3OC(c4ccccc4)OC[C@H]3O[C@@H]2[C@H](O)c2ccccc2)cc1. The maximum absolute atomic E-state index is 11.7. The van der Waals surface area contributed by atoms with Gasteiger partial charge in [-0.3, -0.25) is 0 Å². The Morgan fingerprint density at radius 3 is 1.80 bits per heavy atom. The van der Waals surface area contributed by atoms with Crippen molar-refractivity contribution in [2.75, 3.05) is 20.8 Å². The largest absolute Gasteiger partial charge is 0.497 e. The van der Waals surface area contributed by atoms with E-state index in [0.717, 1.165) is 33.8 Å². The Morgan fingerprint density at radius 1 is 0.682 bits per heavy atom. The lowest BCUT2D eigenvalue weighted by molar-refractivity contribution is -0.347. The predicted octanol–water partition coefficient (Wildman–Crippen LogP) is 5.79. The zero-order valence-electron chi connectivity index (χ0n) is 24.9. The van der Waals surface area contributed by atoms with Crippen LogP contribution in [-0.4, -0.2) is 56.5 Å². The first-order valence-corrected chi connectivity index (χ1v) is 14.8. The first-order chi connectivity index (χ1) is 21.6. The molecular weight excluding hydrogens is 560 g/mol. The van der Waals surface area contributed by atoms with Gasteiger partial charge in [0.15, 0.2) is 6.29 Å². The number of methoxy groups -OCH3 is 2. The molecule has 2 aliphatic heterocycles. The Balaban J connectivity index is 1.32. The van der Waals surface area contributed by atoms with Crippen molar-refractivity contribution >= 4 is 0 Å². The van der Waals surface area contributed by atoms with Gasteiger partial charge >= 0.3 is 0 Å². The maximum atomic E-state index is 11.7. The molecule has 1 unspecified atom stereocenters. The third kappa shape index (κ3) is 6.97. The number of hydrogen-bond donors (Lipinski definition) is 1. The van der Waals surface area contributed by atoms with Crippen LogP contribution in [0.25, 0.3) is 0 Å². The molecule has 2 fully saturated rings. The molecule has 4 aromatic carbocycles. The zero-order valence-corrected chi connectivity index (χ0v) is 24.9. The molecule has 2 saturated heterocycles. The quantitative estimate of drug-likeness (QED) is 0.232. The molecule has 7 atom stereocenters. The van der Waals surface area contributed by atoms with Crippen LogP contribution in [0.4, 0.5) is 0 Å². The van der Waals surface area contributed by atoms with Crippen LogP contribution < -0.4 is 9.47 Å². The summed E-state index contributed by atoms with van der Waals surface area (Å²) < 4.78 is 43.3. The van der Waals surface area contributed by atoms with Crippen LogP contribution in [0.5, 0.6) is 11.5 Å². The van der Waals surface area contributed by atoms with Crippen LogP contribution in [0.15, 0.2) is 109 Å². The second-order valence-electron chi connectivity index (χ2n) is 10.9. The summed E-state index contributed by atoms with van der Waals surface area (Å²) in [7, 11) is 3.28. The lowest BCUT2D eigenvalue weighted by Gasteiger charge is -2.50.